The molecule has 2 N–H and O–H groups in total. The molecule has 0 radical (unpaired) electrons. The van der Waals surface area contributed by atoms with Crippen LogP contribution in [0.1, 0.15) is 32.6 Å². The van der Waals surface area contributed by atoms with Crippen molar-refractivity contribution in [2.45, 2.75) is 49.1 Å². The molecule has 0 bridgehead atoms. The lowest BCUT2D eigenvalue weighted by Gasteiger charge is -2.34. The van der Waals surface area contributed by atoms with E-state index in [9.17, 15) is 4.79 Å². The Morgan fingerprint density at radius 2 is 2.33 bits per heavy atom. The first kappa shape index (κ1) is 13.7. The summed E-state index contributed by atoms with van der Waals surface area (Å²) in [5.74, 6) is 0.808. The summed E-state index contributed by atoms with van der Waals surface area (Å²) in [4.78, 5) is 11.4. The lowest BCUT2D eigenvalue weighted by molar-refractivity contribution is 0.304. The van der Waals surface area contributed by atoms with Crippen molar-refractivity contribution in [3.8, 4) is 0 Å². The Balaban J connectivity index is 2.09. The van der Waals surface area contributed by atoms with Crippen LogP contribution in [0.25, 0.3) is 0 Å². The minimum absolute atomic E-state index is 0.138. The summed E-state index contributed by atoms with van der Waals surface area (Å²) in [6.45, 7) is 2.26. The van der Waals surface area contributed by atoms with E-state index < -0.39 is 0 Å². The molecule has 3 atom stereocenters. The van der Waals surface area contributed by atoms with Gasteiger partial charge in [-0.05, 0) is 32.2 Å². The Hall–Kier alpha value is -0.750. The van der Waals surface area contributed by atoms with Crippen molar-refractivity contribution < 1.29 is 0 Å². The van der Waals surface area contributed by atoms with Crippen LogP contribution in [0, 0.1) is 5.92 Å². The summed E-state index contributed by atoms with van der Waals surface area (Å²) in [6, 6.07) is 0.518. The monoisotopic (exact) mass is 270 g/mol. The second-order valence-corrected chi connectivity index (χ2v) is 6.22. The molecule has 1 aromatic rings. The van der Waals surface area contributed by atoms with Crippen LogP contribution >= 0.6 is 11.8 Å². The van der Waals surface area contributed by atoms with Crippen LogP contribution in [-0.2, 0) is 7.05 Å². The molecule has 5 nitrogen and oxygen atoms in total. The third-order valence-electron chi connectivity index (χ3n) is 3.94. The summed E-state index contributed by atoms with van der Waals surface area (Å²) in [7, 11) is 3.79. The van der Waals surface area contributed by atoms with Crippen molar-refractivity contribution in [1.29, 1.82) is 0 Å². The lowest BCUT2D eigenvalue weighted by Crippen LogP contribution is -2.40. The number of hydrogen-bond donors (Lipinski definition) is 2. The molecule has 102 valence electrons. The standard InChI is InChI=1S/C12H22N4OS/c1-4-8-5-6-9(13-2)10(7-8)18-12-15-14-11(17)16(12)3/h8-10,13H,4-7H2,1-3H3,(H,14,17). The van der Waals surface area contributed by atoms with Gasteiger partial charge in [-0.2, -0.15) is 0 Å². The molecule has 0 amide bonds. The normalized spacial score (nSPS) is 28.5. The molecule has 1 heterocycles. The number of aromatic amines is 1. The smallest absolute Gasteiger partial charge is 0.316 e. The van der Waals surface area contributed by atoms with Gasteiger partial charge in [-0.3, -0.25) is 4.57 Å². The van der Waals surface area contributed by atoms with Gasteiger partial charge in [0, 0.05) is 18.3 Å². The zero-order valence-corrected chi connectivity index (χ0v) is 12.1. The highest BCUT2D eigenvalue weighted by molar-refractivity contribution is 7.99. The molecule has 1 aliphatic carbocycles. The van der Waals surface area contributed by atoms with Gasteiger partial charge in [0.2, 0.25) is 0 Å². The maximum absolute atomic E-state index is 11.4. The molecule has 6 heteroatoms. The molecule has 0 aliphatic heterocycles. The van der Waals surface area contributed by atoms with Crippen LogP contribution in [0.5, 0.6) is 0 Å². The zero-order valence-electron chi connectivity index (χ0n) is 11.3. The van der Waals surface area contributed by atoms with Crippen molar-refractivity contribution in [2.24, 2.45) is 13.0 Å². The summed E-state index contributed by atoms with van der Waals surface area (Å²) >= 11 is 1.72. The highest BCUT2D eigenvalue weighted by Crippen LogP contribution is 2.36. The van der Waals surface area contributed by atoms with Crippen molar-refractivity contribution in [3.05, 3.63) is 10.5 Å². The minimum atomic E-state index is -0.138. The molecule has 0 aromatic carbocycles. The largest absolute Gasteiger partial charge is 0.343 e. The van der Waals surface area contributed by atoms with Gasteiger partial charge in [-0.25, -0.2) is 9.89 Å². The molecule has 18 heavy (non-hydrogen) atoms. The van der Waals surface area contributed by atoms with Crippen LogP contribution < -0.4 is 11.0 Å². The molecule has 0 saturated heterocycles. The Morgan fingerprint density at radius 3 is 2.89 bits per heavy atom. The topological polar surface area (TPSA) is 62.7 Å². The van der Waals surface area contributed by atoms with E-state index in [1.54, 1.807) is 23.4 Å². The first-order valence-corrected chi connectivity index (χ1v) is 7.49. The summed E-state index contributed by atoms with van der Waals surface area (Å²) in [5, 5.41) is 11.3. The Kier molecular flexibility index (Phi) is 4.50. The molecule has 1 aromatic heterocycles. The average molecular weight is 270 g/mol. The summed E-state index contributed by atoms with van der Waals surface area (Å²) in [5.41, 5.74) is -0.138. The van der Waals surface area contributed by atoms with Gasteiger partial charge < -0.3 is 5.32 Å². The number of nitrogens with zero attached hydrogens (tertiary/aromatic N) is 2. The molecule has 2 rings (SSSR count). The van der Waals surface area contributed by atoms with Crippen LogP contribution in [0.2, 0.25) is 0 Å². The third-order valence-corrected chi connectivity index (χ3v) is 5.34. The zero-order chi connectivity index (χ0) is 13.1. The SMILES string of the molecule is CCC1CCC(NC)C(Sc2n[nH]c(=O)n2C)C1. The minimum Gasteiger partial charge on any atom is -0.316 e. The fourth-order valence-electron chi connectivity index (χ4n) is 2.62. The van der Waals surface area contributed by atoms with E-state index in [1.807, 2.05) is 7.05 Å². The molecule has 1 fully saturated rings. The number of rotatable bonds is 4. The van der Waals surface area contributed by atoms with Gasteiger partial charge in [-0.1, -0.05) is 25.1 Å². The predicted molar refractivity (Wildman–Crippen MR) is 74.0 cm³/mol. The highest BCUT2D eigenvalue weighted by atomic mass is 32.2. The number of thioether (sulfide) groups is 1. The van der Waals surface area contributed by atoms with Crippen LogP contribution in [-0.4, -0.2) is 33.1 Å². The highest BCUT2D eigenvalue weighted by Gasteiger charge is 2.30. The van der Waals surface area contributed by atoms with Gasteiger partial charge >= 0.3 is 5.69 Å². The maximum atomic E-state index is 11.4. The molecular formula is C12H22N4OS. The first-order chi connectivity index (χ1) is 8.65. The Morgan fingerprint density at radius 1 is 1.56 bits per heavy atom. The lowest BCUT2D eigenvalue weighted by atomic mass is 9.84. The van der Waals surface area contributed by atoms with E-state index in [0.717, 1.165) is 11.1 Å². The first-order valence-electron chi connectivity index (χ1n) is 6.61. The van der Waals surface area contributed by atoms with E-state index in [4.69, 9.17) is 0 Å². The van der Waals surface area contributed by atoms with Gasteiger partial charge in [0.05, 0.1) is 0 Å². The average Bonchev–Trinajstić information content (AvgIpc) is 2.70. The van der Waals surface area contributed by atoms with E-state index in [2.05, 4.69) is 22.4 Å². The third kappa shape index (κ3) is 2.80. The fraction of sp³-hybridized carbons (Fsp3) is 0.833. The second-order valence-electron chi connectivity index (χ2n) is 5.01. The van der Waals surface area contributed by atoms with E-state index in [1.165, 1.54) is 25.7 Å². The van der Waals surface area contributed by atoms with Crippen molar-refractivity contribution >= 4 is 11.8 Å². The Labute approximate surface area is 112 Å². The quantitative estimate of drug-likeness (QED) is 0.867. The van der Waals surface area contributed by atoms with Crippen LogP contribution in [0.3, 0.4) is 0 Å². The molecular weight excluding hydrogens is 248 g/mol. The number of aromatic nitrogens is 3. The number of nitrogens with one attached hydrogen (secondary N) is 2. The Bertz CT molecular complexity index is 442. The van der Waals surface area contributed by atoms with Crippen molar-refractivity contribution in [1.82, 2.24) is 20.1 Å². The van der Waals surface area contributed by atoms with Gasteiger partial charge in [0.25, 0.3) is 0 Å². The van der Waals surface area contributed by atoms with Crippen molar-refractivity contribution in [2.75, 3.05) is 7.05 Å². The number of H-pyrrole nitrogens is 1. The van der Waals surface area contributed by atoms with E-state index in [-0.39, 0.29) is 5.69 Å². The second kappa shape index (κ2) is 5.93. The van der Waals surface area contributed by atoms with Gasteiger partial charge in [0.15, 0.2) is 5.16 Å². The maximum Gasteiger partial charge on any atom is 0.343 e. The summed E-state index contributed by atoms with van der Waals surface area (Å²) in [6.07, 6.45) is 4.96. The fourth-order valence-corrected chi connectivity index (χ4v) is 4.03. The molecule has 0 spiro atoms. The van der Waals surface area contributed by atoms with Crippen LogP contribution in [0.15, 0.2) is 9.95 Å². The van der Waals surface area contributed by atoms with Crippen LogP contribution in [0.4, 0.5) is 0 Å². The van der Waals surface area contributed by atoms with E-state index in [0.29, 0.717) is 11.3 Å². The van der Waals surface area contributed by atoms with Gasteiger partial charge in [-0.15, -0.1) is 5.10 Å². The predicted octanol–water partition coefficient (Wildman–Crippen LogP) is 1.37. The summed E-state index contributed by atoms with van der Waals surface area (Å²) < 4.78 is 1.59. The van der Waals surface area contributed by atoms with E-state index >= 15 is 0 Å². The number of hydrogen-bond acceptors (Lipinski definition) is 4. The molecule has 1 aliphatic rings. The molecule has 3 unspecified atom stereocenters. The van der Waals surface area contributed by atoms with Gasteiger partial charge in [0.1, 0.15) is 0 Å². The molecule has 1 saturated carbocycles. The van der Waals surface area contributed by atoms with Crippen molar-refractivity contribution in [3.63, 3.8) is 0 Å².